The van der Waals surface area contributed by atoms with Gasteiger partial charge in [-0.15, -0.1) is 0 Å². The molecule has 0 atom stereocenters. The molecule has 176 valence electrons. The van der Waals surface area contributed by atoms with Crippen LogP contribution in [0.3, 0.4) is 0 Å². The maximum absolute atomic E-state index is 5.05. The molecular formula is C26H14Br4N4Pd. The normalized spacial score (nSPS) is 12.7. The van der Waals surface area contributed by atoms with Crippen molar-refractivity contribution < 1.29 is 20.4 Å². The van der Waals surface area contributed by atoms with Gasteiger partial charge in [-0.05, 0) is 112 Å². The standard InChI is InChI=1S/C26H14Br4N4.Pd/c27-21-19-12-17-9-7-15(32-17)10-14-6-8-16(31-14)11-18-20(13-4-2-1-3-5-13)22(28)25(33-18)24(30)26(34-19)23(21)29;/h1-12,31,34H;. The van der Waals surface area contributed by atoms with Gasteiger partial charge in [-0.3, -0.25) is 0 Å². The minimum Gasteiger partial charge on any atom is -0.355 e. The summed E-state index contributed by atoms with van der Waals surface area (Å²) in [4.78, 5) is 16.8. The van der Waals surface area contributed by atoms with E-state index >= 15 is 0 Å². The Labute approximate surface area is 248 Å². The van der Waals surface area contributed by atoms with E-state index in [2.05, 4.69) is 104 Å². The van der Waals surface area contributed by atoms with Crippen molar-refractivity contribution in [2.75, 3.05) is 0 Å². The molecule has 1 aromatic carbocycles. The topological polar surface area (TPSA) is 57.4 Å². The molecule has 2 aliphatic rings. The molecule has 2 aliphatic heterocycles. The third-order valence-corrected chi connectivity index (χ3v) is 9.31. The summed E-state index contributed by atoms with van der Waals surface area (Å²) in [6, 6.07) is 20.5. The molecule has 0 fully saturated rings. The van der Waals surface area contributed by atoms with Crippen molar-refractivity contribution in [3.8, 4) is 0 Å². The van der Waals surface area contributed by atoms with Gasteiger partial charge in [0.25, 0.3) is 0 Å². The number of hydrogen-bond donors (Lipinski definition) is 2. The predicted octanol–water partition coefficient (Wildman–Crippen LogP) is 9.08. The molecule has 5 heterocycles. The molecular weight excluding hydrogens is 794 g/mol. The number of aromatic nitrogens is 4. The molecule has 6 rings (SSSR count). The minimum atomic E-state index is 0. The maximum atomic E-state index is 5.05. The zero-order valence-corrected chi connectivity index (χ0v) is 25.5. The minimum absolute atomic E-state index is 0. The summed E-state index contributed by atoms with van der Waals surface area (Å²) in [5.74, 6) is 0. The molecule has 9 heteroatoms. The number of rotatable bonds is 1. The van der Waals surface area contributed by atoms with Gasteiger partial charge in [0.05, 0.1) is 51.7 Å². The first kappa shape index (κ1) is 25.1. The third-order valence-electron chi connectivity index (χ3n) is 5.62. The van der Waals surface area contributed by atoms with Crippen molar-refractivity contribution in [2.24, 2.45) is 0 Å². The van der Waals surface area contributed by atoms with E-state index in [1.54, 1.807) is 0 Å². The fourth-order valence-corrected chi connectivity index (χ4v) is 6.79. The van der Waals surface area contributed by atoms with Gasteiger partial charge in [0.2, 0.25) is 0 Å². The van der Waals surface area contributed by atoms with Crippen LogP contribution in [0.1, 0.15) is 28.3 Å². The van der Waals surface area contributed by atoms with E-state index in [0.29, 0.717) is 0 Å². The van der Waals surface area contributed by atoms with Gasteiger partial charge < -0.3 is 9.97 Å². The van der Waals surface area contributed by atoms with Crippen molar-refractivity contribution in [1.29, 1.82) is 0 Å². The SMILES string of the molecule is BrC1=C(c2ccccc2)c2cc3ccc(cc4nc(cc5[nH]c(c(Br)c1n2)c(Br)c5Br)C=C4)[nH]3.[Pd]. The van der Waals surface area contributed by atoms with E-state index in [0.717, 1.165) is 73.9 Å². The number of hydrogen-bond acceptors (Lipinski definition) is 2. The van der Waals surface area contributed by atoms with Gasteiger partial charge in [0.1, 0.15) is 0 Å². The van der Waals surface area contributed by atoms with Crippen LogP contribution in [0.25, 0.3) is 44.3 Å². The molecule has 0 saturated carbocycles. The molecule has 0 unspecified atom stereocenters. The Hall–Kier alpha value is -1.60. The number of nitrogens with zero attached hydrogens (tertiary/aromatic N) is 2. The van der Waals surface area contributed by atoms with Crippen LogP contribution in [-0.4, -0.2) is 19.9 Å². The molecule has 4 aromatic rings. The summed E-state index contributed by atoms with van der Waals surface area (Å²) < 4.78 is 3.59. The van der Waals surface area contributed by atoms with Crippen LogP contribution in [0, 0.1) is 0 Å². The molecule has 8 bridgehead atoms. The monoisotopic (exact) mass is 804 g/mol. The van der Waals surface area contributed by atoms with E-state index < -0.39 is 0 Å². The van der Waals surface area contributed by atoms with Crippen molar-refractivity contribution in [3.05, 3.63) is 102 Å². The average molecular weight is 808 g/mol. The molecule has 35 heavy (non-hydrogen) atoms. The Kier molecular flexibility index (Phi) is 7.19. The molecule has 4 nitrogen and oxygen atoms in total. The zero-order chi connectivity index (χ0) is 23.4. The quantitative estimate of drug-likeness (QED) is 0.166. The molecule has 0 amide bonds. The summed E-state index contributed by atoms with van der Waals surface area (Å²) in [7, 11) is 0. The van der Waals surface area contributed by atoms with Crippen LogP contribution < -0.4 is 0 Å². The Bertz CT molecular complexity index is 1700. The van der Waals surface area contributed by atoms with Crippen LogP contribution >= 0.6 is 63.7 Å². The molecule has 3 aromatic heterocycles. The largest absolute Gasteiger partial charge is 0.355 e. The molecule has 2 N–H and O–H groups in total. The van der Waals surface area contributed by atoms with E-state index in [9.17, 15) is 0 Å². The van der Waals surface area contributed by atoms with Gasteiger partial charge >= 0.3 is 0 Å². The predicted molar refractivity (Wildman–Crippen MR) is 154 cm³/mol. The number of halogens is 4. The summed E-state index contributed by atoms with van der Waals surface area (Å²) in [6.07, 6.45) is 4.02. The summed E-state index contributed by atoms with van der Waals surface area (Å²) in [5, 5.41) is 0. The molecule has 0 saturated heterocycles. The number of benzene rings is 1. The fraction of sp³-hybridized carbons (Fsp3) is 0. The number of H-pyrrole nitrogens is 2. The number of nitrogens with one attached hydrogen (secondary N) is 2. The van der Waals surface area contributed by atoms with Crippen LogP contribution in [0.15, 0.2) is 74.1 Å². The Morgan fingerprint density at radius 1 is 0.657 bits per heavy atom. The van der Waals surface area contributed by atoms with Gasteiger partial charge in [-0.2, -0.15) is 0 Å². The van der Waals surface area contributed by atoms with Gasteiger partial charge in [-0.25, -0.2) is 9.97 Å². The Morgan fingerprint density at radius 2 is 1.34 bits per heavy atom. The second-order valence-electron chi connectivity index (χ2n) is 7.85. The summed E-state index contributed by atoms with van der Waals surface area (Å²) in [6.45, 7) is 0. The number of fused-ring (bicyclic) bond motifs is 8. The second kappa shape index (κ2) is 10.0. The molecule has 0 aliphatic carbocycles. The summed E-state index contributed by atoms with van der Waals surface area (Å²) >= 11 is 15.1. The summed E-state index contributed by atoms with van der Waals surface area (Å²) in [5.41, 5.74) is 9.31. The Morgan fingerprint density at radius 3 is 2.09 bits per heavy atom. The van der Waals surface area contributed by atoms with Gasteiger partial charge in [-0.1, -0.05) is 30.3 Å². The van der Waals surface area contributed by atoms with Crippen LogP contribution in [0.5, 0.6) is 0 Å². The van der Waals surface area contributed by atoms with Crippen LogP contribution in [-0.2, 0) is 20.4 Å². The zero-order valence-electron chi connectivity index (χ0n) is 17.7. The van der Waals surface area contributed by atoms with E-state index in [1.165, 1.54) is 0 Å². The second-order valence-corrected chi connectivity index (χ2v) is 11.0. The van der Waals surface area contributed by atoms with E-state index in [4.69, 9.17) is 9.97 Å². The van der Waals surface area contributed by atoms with E-state index in [1.807, 2.05) is 42.5 Å². The van der Waals surface area contributed by atoms with E-state index in [-0.39, 0.29) is 20.4 Å². The van der Waals surface area contributed by atoms with Crippen molar-refractivity contribution in [3.63, 3.8) is 0 Å². The van der Waals surface area contributed by atoms with Crippen LogP contribution in [0.4, 0.5) is 0 Å². The van der Waals surface area contributed by atoms with Gasteiger partial charge in [0.15, 0.2) is 0 Å². The molecule has 0 radical (unpaired) electrons. The van der Waals surface area contributed by atoms with Crippen molar-refractivity contribution >= 4 is 108 Å². The fourth-order valence-electron chi connectivity index (χ4n) is 4.03. The third kappa shape index (κ3) is 4.63. The average Bonchev–Trinajstić information content (AvgIpc) is 3.59. The van der Waals surface area contributed by atoms with Crippen molar-refractivity contribution in [1.82, 2.24) is 19.9 Å². The van der Waals surface area contributed by atoms with Crippen LogP contribution in [0.2, 0.25) is 0 Å². The molecule has 0 spiro atoms. The Balaban J connectivity index is 0.00000253. The maximum Gasteiger partial charge on any atom is 0.0949 e. The number of aromatic amines is 2. The van der Waals surface area contributed by atoms with Crippen molar-refractivity contribution in [2.45, 2.75) is 0 Å². The first-order valence-corrected chi connectivity index (χ1v) is 13.5. The first-order chi connectivity index (χ1) is 16.5. The smallest absolute Gasteiger partial charge is 0.0949 e. The first-order valence-electron chi connectivity index (χ1n) is 10.4. The van der Waals surface area contributed by atoms with Gasteiger partial charge in [0, 0.05) is 37.0 Å².